The molecule has 1 aromatic rings. The van der Waals surface area contributed by atoms with Crippen LogP contribution in [0.1, 0.15) is 18.1 Å². The Morgan fingerprint density at radius 1 is 1.06 bits per heavy atom. The number of ether oxygens (including phenoxy) is 1. The lowest BCUT2D eigenvalue weighted by Crippen LogP contribution is -2.13. The molecule has 18 heavy (non-hydrogen) atoms. The summed E-state index contributed by atoms with van der Waals surface area (Å²) in [6.45, 7) is 0.792. The lowest BCUT2D eigenvalue weighted by Gasteiger charge is -2.14. The van der Waals surface area contributed by atoms with Crippen LogP contribution >= 0.6 is 0 Å². The van der Waals surface area contributed by atoms with E-state index in [4.69, 9.17) is 0 Å². The van der Waals surface area contributed by atoms with E-state index in [2.05, 4.69) is 4.74 Å². The Balaban J connectivity index is 3.34. The molecule has 0 aliphatic carbocycles. The molecule has 0 amide bonds. The van der Waals surface area contributed by atoms with Crippen molar-refractivity contribution < 1.29 is 35.9 Å². The van der Waals surface area contributed by atoms with E-state index in [0.717, 1.165) is 6.92 Å². The zero-order valence-corrected chi connectivity index (χ0v) is 8.82. The highest BCUT2D eigenvalue weighted by Gasteiger charge is 2.38. The SMILES string of the molecule is CC(=O)Oc1cc(C(F)(F)F)ccc1C(F)(F)F. The molecule has 0 heterocycles. The molecular weight excluding hydrogens is 266 g/mol. The van der Waals surface area contributed by atoms with E-state index in [-0.39, 0.29) is 18.2 Å². The van der Waals surface area contributed by atoms with Gasteiger partial charge in [0.15, 0.2) is 0 Å². The van der Waals surface area contributed by atoms with Crippen molar-refractivity contribution in [2.45, 2.75) is 19.3 Å². The van der Waals surface area contributed by atoms with Gasteiger partial charge in [-0.1, -0.05) is 0 Å². The Morgan fingerprint density at radius 3 is 2.00 bits per heavy atom. The zero-order chi connectivity index (χ0) is 14.1. The van der Waals surface area contributed by atoms with Crippen molar-refractivity contribution in [1.82, 2.24) is 0 Å². The van der Waals surface area contributed by atoms with E-state index in [9.17, 15) is 31.1 Å². The van der Waals surface area contributed by atoms with Gasteiger partial charge in [0.25, 0.3) is 0 Å². The Labute approximate surface area is 97.2 Å². The zero-order valence-electron chi connectivity index (χ0n) is 8.82. The summed E-state index contributed by atoms with van der Waals surface area (Å²) in [5.74, 6) is -2.30. The minimum atomic E-state index is -4.91. The molecule has 0 atom stereocenters. The molecule has 1 aromatic carbocycles. The van der Waals surface area contributed by atoms with Crippen molar-refractivity contribution in [3.05, 3.63) is 29.3 Å². The molecule has 0 aromatic heterocycles. The first-order valence-corrected chi connectivity index (χ1v) is 4.48. The summed E-state index contributed by atoms with van der Waals surface area (Å²) in [5.41, 5.74) is -2.77. The summed E-state index contributed by atoms with van der Waals surface area (Å²) in [6.07, 6.45) is -9.73. The minimum absolute atomic E-state index is 0.143. The van der Waals surface area contributed by atoms with Crippen LogP contribution in [0.25, 0.3) is 0 Å². The van der Waals surface area contributed by atoms with Crippen LogP contribution in [-0.4, -0.2) is 5.97 Å². The molecule has 0 spiro atoms. The molecule has 0 aliphatic rings. The standard InChI is InChI=1S/C10H6F6O2/c1-5(17)18-8-4-6(9(11,12)13)2-3-7(8)10(14,15)16/h2-4H,1H3. The van der Waals surface area contributed by atoms with E-state index in [0.29, 0.717) is 0 Å². The average Bonchev–Trinajstić information content (AvgIpc) is 2.13. The normalized spacial score (nSPS) is 12.4. The third kappa shape index (κ3) is 3.38. The second-order valence-electron chi connectivity index (χ2n) is 3.30. The smallest absolute Gasteiger partial charge is 0.419 e. The quantitative estimate of drug-likeness (QED) is 0.443. The monoisotopic (exact) mass is 272 g/mol. The van der Waals surface area contributed by atoms with Crippen LogP contribution < -0.4 is 4.74 Å². The number of hydrogen-bond acceptors (Lipinski definition) is 2. The fourth-order valence-electron chi connectivity index (χ4n) is 1.17. The maximum Gasteiger partial charge on any atom is 0.419 e. The van der Waals surface area contributed by atoms with Gasteiger partial charge in [-0.2, -0.15) is 26.3 Å². The van der Waals surface area contributed by atoms with Crippen LogP contribution in [0, 0.1) is 0 Å². The first-order chi connectivity index (χ1) is 8.01. The van der Waals surface area contributed by atoms with Crippen LogP contribution in [0.15, 0.2) is 18.2 Å². The molecule has 0 fully saturated rings. The van der Waals surface area contributed by atoms with E-state index in [1.807, 2.05) is 0 Å². The molecular formula is C10H6F6O2. The molecule has 0 aliphatic heterocycles. The largest absolute Gasteiger partial charge is 0.426 e. The van der Waals surface area contributed by atoms with Gasteiger partial charge < -0.3 is 4.74 Å². The molecule has 1 rings (SSSR count). The molecule has 0 bridgehead atoms. The molecule has 2 nitrogen and oxygen atoms in total. The first-order valence-electron chi connectivity index (χ1n) is 4.48. The van der Waals surface area contributed by atoms with Gasteiger partial charge in [0, 0.05) is 6.92 Å². The van der Waals surface area contributed by atoms with Gasteiger partial charge in [-0.25, -0.2) is 0 Å². The Bertz CT molecular complexity index is 460. The minimum Gasteiger partial charge on any atom is -0.426 e. The molecule has 0 saturated carbocycles. The third-order valence-electron chi connectivity index (χ3n) is 1.87. The number of halogens is 6. The summed E-state index contributed by atoms with van der Waals surface area (Å²) in [6, 6.07) is 0.640. The molecule has 0 N–H and O–H groups in total. The third-order valence-corrected chi connectivity index (χ3v) is 1.87. The van der Waals surface area contributed by atoms with Crippen LogP contribution in [0.5, 0.6) is 5.75 Å². The predicted molar refractivity (Wildman–Crippen MR) is 47.8 cm³/mol. The van der Waals surface area contributed by atoms with Gasteiger partial charge in [0.1, 0.15) is 5.75 Å². The number of rotatable bonds is 1. The molecule has 0 saturated heterocycles. The Morgan fingerprint density at radius 2 is 1.61 bits per heavy atom. The summed E-state index contributed by atoms with van der Waals surface area (Å²) >= 11 is 0. The first kappa shape index (κ1) is 14.3. The highest BCUT2D eigenvalue weighted by Crippen LogP contribution is 2.40. The number of carbonyl (C=O) groups is 1. The number of esters is 1. The summed E-state index contributed by atoms with van der Waals surface area (Å²) in [5, 5.41) is 0. The van der Waals surface area contributed by atoms with Gasteiger partial charge in [0.05, 0.1) is 11.1 Å². The van der Waals surface area contributed by atoms with E-state index in [1.165, 1.54) is 0 Å². The topological polar surface area (TPSA) is 26.3 Å². The van der Waals surface area contributed by atoms with Gasteiger partial charge in [-0.15, -0.1) is 0 Å². The Kier molecular flexibility index (Phi) is 3.59. The maximum atomic E-state index is 12.5. The number of alkyl halides is 6. The second-order valence-corrected chi connectivity index (χ2v) is 3.30. The van der Waals surface area contributed by atoms with Crippen molar-refractivity contribution in [1.29, 1.82) is 0 Å². The highest BCUT2D eigenvalue weighted by molar-refractivity contribution is 5.70. The summed E-state index contributed by atoms with van der Waals surface area (Å²) in [4.78, 5) is 10.6. The van der Waals surface area contributed by atoms with Crippen LogP contribution in [0.2, 0.25) is 0 Å². The van der Waals surface area contributed by atoms with Crippen LogP contribution in [0.3, 0.4) is 0 Å². The number of carbonyl (C=O) groups excluding carboxylic acids is 1. The fraction of sp³-hybridized carbons (Fsp3) is 0.300. The molecule has 0 radical (unpaired) electrons. The van der Waals surface area contributed by atoms with E-state index >= 15 is 0 Å². The maximum absolute atomic E-state index is 12.5. The Hall–Kier alpha value is -1.73. The fourth-order valence-corrected chi connectivity index (χ4v) is 1.17. The van der Waals surface area contributed by atoms with Crippen molar-refractivity contribution in [3.8, 4) is 5.75 Å². The van der Waals surface area contributed by atoms with Gasteiger partial charge in [-0.05, 0) is 18.2 Å². The van der Waals surface area contributed by atoms with Gasteiger partial charge in [0.2, 0.25) is 0 Å². The van der Waals surface area contributed by atoms with Gasteiger partial charge >= 0.3 is 18.3 Å². The molecule has 100 valence electrons. The van der Waals surface area contributed by atoms with Crippen LogP contribution in [0.4, 0.5) is 26.3 Å². The van der Waals surface area contributed by atoms with Crippen molar-refractivity contribution in [3.63, 3.8) is 0 Å². The predicted octanol–water partition coefficient (Wildman–Crippen LogP) is 3.65. The van der Waals surface area contributed by atoms with Crippen LogP contribution in [-0.2, 0) is 17.1 Å². The summed E-state index contributed by atoms with van der Waals surface area (Å²) < 4.78 is 78.4. The average molecular weight is 272 g/mol. The lowest BCUT2D eigenvalue weighted by molar-refractivity contribution is -0.144. The van der Waals surface area contributed by atoms with Crippen molar-refractivity contribution >= 4 is 5.97 Å². The van der Waals surface area contributed by atoms with Gasteiger partial charge in [-0.3, -0.25) is 4.79 Å². The van der Waals surface area contributed by atoms with E-state index < -0.39 is 35.2 Å². The summed E-state index contributed by atoms with van der Waals surface area (Å²) in [7, 11) is 0. The second kappa shape index (κ2) is 4.51. The molecule has 8 heteroatoms. The highest BCUT2D eigenvalue weighted by atomic mass is 19.4. The number of benzene rings is 1. The molecule has 0 unspecified atom stereocenters. The van der Waals surface area contributed by atoms with Crippen molar-refractivity contribution in [2.75, 3.05) is 0 Å². The van der Waals surface area contributed by atoms with E-state index in [1.54, 1.807) is 0 Å². The lowest BCUT2D eigenvalue weighted by atomic mass is 10.1. The number of hydrogen-bond donors (Lipinski definition) is 0. The van der Waals surface area contributed by atoms with Crippen molar-refractivity contribution in [2.24, 2.45) is 0 Å².